The molecule has 5 nitrogen and oxygen atoms in total. The van der Waals surface area contributed by atoms with Gasteiger partial charge in [-0.15, -0.1) is 0 Å². The Bertz CT molecular complexity index is 341. The van der Waals surface area contributed by atoms with Crippen molar-refractivity contribution in [3.8, 4) is 0 Å². The highest BCUT2D eigenvalue weighted by Crippen LogP contribution is 2.17. The van der Waals surface area contributed by atoms with E-state index < -0.39 is 0 Å². The number of hydrogen-bond donors (Lipinski definition) is 1. The fourth-order valence-electron chi connectivity index (χ4n) is 2.28. The van der Waals surface area contributed by atoms with Crippen molar-refractivity contribution in [1.29, 1.82) is 0 Å². The second-order valence-corrected chi connectivity index (χ2v) is 4.75. The number of aromatic nitrogens is 3. The lowest BCUT2D eigenvalue weighted by Gasteiger charge is -2.19. The molecule has 1 unspecified atom stereocenters. The first-order valence-electron chi connectivity index (χ1n) is 6.42. The SMILES string of the molecule is CC(C(=O)NC1CCCCCC1)n1cncn1. The molecule has 0 bridgehead atoms. The molecule has 1 aliphatic rings. The third-order valence-electron chi connectivity index (χ3n) is 3.41. The predicted molar refractivity (Wildman–Crippen MR) is 64.4 cm³/mol. The van der Waals surface area contributed by atoms with E-state index in [9.17, 15) is 4.79 Å². The Labute approximate surface area is 102 Å². The van der Waals surface area contributed by atoms with Gasteiger partial charge in [0.2, 0.25) is 5.91 Å². The van der Waals surface area contributed by atoms with Gasteiger partial charge in [0.15, 0.2) is 0 Å². The summed E-state index contributed by atoms with van der Waals surface area (Å²) in [6.45, 7) is 1.85. The van der Waals surface area contributed by atoms with E-state index in [0.29, 0.717) is 6.04 Å². The topological polar surface area (TPSA) is 59.8 Å². The van der Waals surface area contributed by atoms with Gasteiger partial charge in [-0.2, -0.15) is 5.10 Å². The highest BCUT2D eigenvalue weighted by atomic mass is 16.2. The first-order valence-corrected chi connectivity index (χ1v) is 6.42. The fourth-order valence-corrected chi connectivity index (χ4v) is 2.28. The molecule has 1 N–H and O–H groups in total. The highest BCUT2D eigenvalue weighted by Gasteiger charge is 2.20. The molecular formula is C12H20N4O. The lowest BCUT2D eigenvalue weighted by Crippen LogP contribution is -2.38. The first-order chi connectivity index (χ1) is 8.27. The molecule has 1 amide bonds. The molecule has 94 valence electrons. The van der Waals surface area contributed by atoms with Gasteiger partial charge in [-0.3, -0.25) is 4.79 Å². The fraction of sp³-hybridized carbons (Fsp3) is 0.750. The Hall–Kier alpha value is -1.39. The summed E-state index contributed by atoms with van der Waals surface area (Å²) in [6, 6.07) is 0.0664. The van der Waals surface area contributed by atoms with E-state index in [0.717, 1.165) is 12.8 Å². The molecule has 1 atom stereocenters. The Morgan fingerprint density at radius 2 is 2.06 bits per heavy atom. The van der Waals surface area contributed by atoms with Crippen LogP contribution in [0, 0.1) is 0 Å². The third kappa shape index (κ3) is 3.28. The van der Waals surface area contributed by atoms with Gasteiger partial charge in [0.1, 0.15) is 18.7 Å². The summed E-state index contributed by atoms with van der Waals surface area (Å²) in [5.41, 5.74) is 0. The van der Waals surface area contributed by atoms with Crippen molar-refractivity contribution in [2.24, 2.45) is 0 Å². The van der Waals surface area contributed by atoms with Crippen molar-refractivity contribution >= 4 is 5.91 Å². The first kappa shape index (κ1) is 12.1. The number of amides is 1. The summed E-state index contributed by atoms with van der Waals surface area (Å²) >= 11 is 0. The number of nitrogens with one attached hydrogen (secondary N) is 1. The van der Waals surface area contributed by atoms with Crippen molar-refractivity contribution in [2.45, 2.75) is 57.5 Å². The average Bonchev–Trinajstić information content (AvgIpc) is 2.74. The molecule has 1 aliphatic carbocycles. The van der Waals surface area contributed by atoms with Crippen molar-refractivity contribution in [3.63, 3.8) is 0 Å². The van der Waals surface area contributed by atoms with E-state index in [1.807, 2.05) is 6.92 Å². The van der Waals surface area contributed by atoms with Crippen LogP contribution >= 0.6 is 0 Å². The molecule has 1 heterocycles. The molecule has 0 spiro atoms. The largest absolute Gasteiger partial charge is 0.352 e. The predicted octanol–water partition coefficient (Wildman–Crippen LogP) is 1.68. The molecule has 0 saturated heterocycles. The molecule has 5 heteroatoms. The Morgan fingerprint density at radius 1 is 1.35 bits per heavy atom. The van der Waals surface area contributed by atoms with Crippen molar-refractivity contribution in [1.82, 2.24) is 20.1 Å². The van der Waals surface area contributed by atoms with E-state index >= 15 is 0 Å². The Kier molecular flexibility index (Phi) is 4.12. The van der Waals surface area contributed by atoms with Crippen LogP contribution in [0.3, 0.4) is 0 Å². The standard InChI is InChI=1S/C12H20N4O/c1-10(16-9-13-8-14-16)12(17)15-11-6-4-2-3-5-7-11/h8-11H,2-7H2,1H3,(H,15,17). The highest BCUT2D eigenvalue weighted by molar-refractivity contribution is 5.80. The maximum absolute atomic E-state index is 12.0. The average molecular weight is 236 g/mol. The van der Waals surface area contributed by atoms with E-state index in [-0.39, 0.29) is 11.9 Å². The zero-order chi connectivity index (χ0) is 12.1. The summed E-state index contributed by atoms with van der Waals surface area (Å²) < 4.78 is 1.59. The van der Waals surface area contributed by atoms with Crippen LogP contribution in [0.5, 0.6) is 0 Å². The Morgan fingerprint density at radius 3 is 2.65 bits per heavy atom. The van der Waals surface area contributed by atoms with Crippen LogP contribution in [0.15, 0.2) is 12.7 Å². The molecule has 2 rings (SSSR count). The van der Waals surface area contributed by atoms with E-state index in [1.54, 1.807) is 11.0 Å². The Balaban J connectivity index is 1.87. The summed E-state index contributed by atoms with van der Waals surface area (Å²) in [7, 11) is 0. The van der Waals surface area contributed by atoms with Crippen LogP contribution in [0.25, 0.3) is 0 Å². The maximum atomic E-state index is 12.0. The van der Waals surface area contributed by atoms with Gasteiger partial charge in [0, 0.05) is 6.04 Å². The van der Waals surface area contributed by atoms with Crippen LogP contribution in [0.2, 0.25) is 0 Å². The van der Waals surface area contributed by atoms with E-state index in [4.69, 9.17) is 0 Å². The second-order valence-electron chi connectivity index (χ2n) is 4.75. The lowest BCUT2D eigenvalue weighted by atomic mass is 10.1. The van der Waals surface area contributed by atoms with Crippen LogP contribution in [-0.4, -0.2) is 26.7 Å². The van der Waals surface area contributed by atoms with Gasteiger partial charge in [0.05, 0.1) is 0 Å². The van der Waals surface area contributed by atoms with Crippen molar-refractivity contribution < 1.29 is 4.79 Å². The maximum Gasteiger partial charge on any atom is 0.244 e. The number of carbonyl (C=O) groups excluding carboxylic acids is 1. The normalized spacial score (nSPS) is 19.6. The van der Waals surface area contributed by atoms with Gasteiger partial charge in [-0.1, -0.05) is 25.7 Å². The quantitative estimate of drug-likeness (QED) is 0.812. The molecule has 1 saturated carbocycles. The minimum atomic E-state index is -0.277. The minimum Gasteiger partial charge on any atom is -0.352 e. The second kappa shape index (κ2) is 5.80. The lowest BCUT2D eigenvalue weighted by molar-refractivity contribution is -0.124. The molecule has 1 aromatic heterocycles. The number of hydrogen-bond acceptors (Lipinski definition) is 3. The molecule has 1 fully saturated rings. The third-order valence-corrected chi connectivity index (χ3v) is 3.41. The summed E-state index contributed by atoms with van der Waals surface area (Å²) in [5, 5.41) is 7.11. The smallest absolute Gasteiger partial charge is 0.244 e. The molecule has 17 heavy (non-hydrogen) atoms. The van der Waals surface area contributed by atoms with E-state index in [2.05, 4.69) is 15.4 Å². The molecule has 0 aliphatic heterocycles. The van der Waals surface area contributed by atoms with E-state index in [1.165, 1.54) is 32.0 Å². The summed E-state index contributed by atoms with van der Waals surface area (Å²) in [6.07, 6.45) is 10.3. The van der Waals surface area contributed by atoms with Crippen LogP contribution < -0.4 is 5.32 Å². The van der Waals surface area contributed by atoms with Crippen LogP contribution in [-0.2, 0) is 4.79 Å². The van der Waals surface area contributed by atoms with Crippen molar-refractivity contribution in [2.75, 3.05) is 0 Å². The van der Waals surface area contributed by atoms with Crippen molar-refractivity contribution in [3.05, 3.63) is 12.7 Å². The number of carbonyl (C=O) groups is 1. The van der Waals surface area contributed by atoms with Crippen LogP contribution in [0.4, 0.5) is 0 Å². The minimum absolute atomic E-state index is 0.0439. The van der Waals surface area contributed by atoms with Gasteiger partial charge in [-0.05, 0) is 19.8 Å². The number of nitrogens with zero attached hydrogens (tertiary/aromatic N) is 3. The summed E-state index contributed by atoms with van der Waals surface area (Å²) in [4.78, 5) is 15.9. The molecule has 1 aromatic rings. The monoisotopic (exact) mass is 236 g/mol. The number of rotatable bonds is 3. The molecule has 0 aromatic carbocycles. The van der Waals surface area contributed by atoms with Gasteiger partial charge in [0.25, 0.3) is 0 Å². The molecule has 0 radical (unpaired) electrons. The van der Waals surface area contributed by atoms with Gasteiger partial charge in [-0.25, -0.2) is 9.67 Å². The summed E-state index contributed by atoms with van der Waals surface area (Å²) in [5.74, 6) is 0.0439. The van der Waals surface area contributed by atoms with Gasteiger partial charge >= 0.3 is 0 Å². The van der Waals surface area contributed by atoms with Gasteiger partial charge < -0.3 is 5.32 Å². The zero-order valence-electron chi connectivity index (χ0n) is 10.3. The molecular weight excluding hydrogens is 216 g/mol. The zero-order valence-corrected chi connectivity index (χ0v) is 10.3. The van der Waals surface area contributed by atoms with Crippen LogP contribution in [0.1, 0.15) is 51.5 Å².